The second-order valence-electron chi connectivity index (χ2n) is 9.57. The van der Waals surface area contributed by atoms with Crippen LogP contribution >= 0.6 is 11.8 Å². The lowest BCUT2D eigenvalue weighted by molar-refractivity contribution is 0.128. The van der Waals surface area contributed by atoms with Gasteiger partial charge < -0.3 is 10.0 Å². The second kappa shape index (κ2) is 30.9. The van der Waals surface area contributed by atoms with Crippen molar-refractivity contribution >= 4 is 22.9 Å². The van der Waals surface area contributed by atoms with E-state index in [0.717, 1.165) is 87.4 Å². The van der Waals surface area contributed by atoms with E-state index in [1.807, 2.05) is 41.5 Å². The van der Waals surface area contributed by atoms with Gasteiger partial charge >= 0.3 is 0 Å². The second-order valence-corrected chi connectivity index (χ2v) is 10.5. The van der Waals surface area contributed by atoms with Crippen molar-refractivity contribution in [2.75, 3.05) is 6.54 Å². The van der Waals surface area contributed by atoms with E-state index < -0.39 is 40.5 Å². The Kier molecular flexibility index (Phi) is 34.3. The number of aliphatic hydroxyl groups is 1. The third-order valence-corrected chi connectivity index (χ3v) is 7.16. The molecule has 1 rings (SSSR count). The molecule has 2 N–H and O–H groups in total. The van der Waals surface area contributed by atoms with Gasteiger partial charge in [-0.2, -0.15) is 0 Å². The van der Waals surface area contributed by atoms with E-state index in [1.54, 1.807) is 0 Å². The summed E-state index contributed by atoms with van der Waals surface area (Å²) in [5.41, 5.74) is -0.541. The van der Waals surface area contributed by atoms with Crippen molar-refractivity contribution in [3.8, 4) is 0 Å². The molecule has 0 spiro atoms. The van der Waals surface area contributed by atoms with Crippen LogP contribution < -0.4 is 0 Å². The molecule has 0 bridgehead atoms. The summed E-state index contributed by atoms with van der Waals surface area (Å²) in [7, 11) is 0. The first-order valence-corrected chi connectivity index (χ1v) is 17.2. The van der Waals surface area contributed by atoms with E-state index in [9.17, 15) is 22.7 Å². The Bertz CT molecular complexity index is 893. The summed E-state index contributed by atoms with van der Waals surface area (Å²) in [6, 6.07) is -0.0360. The van der Waals surface area contributed by atoms with Gasteiger partial charge in [0.2, 0.25) is 0 Å². The molecule has 0 saturated heterocycles. The molecule has 258 valence electrons. The maximum atomic E-state index is 14.1. The maximum absolute atomic E-state index is 14.1. The van der Waals surface area contributed by atoms with Crippen LogP contribution in [0.15, 0.2) is 30.8 Å². The first-order chi connectivity index (χ1) is 21.0. The monoisotopic (exact) mass is 648 g/mol. The molecule has 0 radical (unpaired) electrons. The van der Waals surface area contributed by atoms with E-state index in [2.05, 4.69) is 52.3 Å². The zero-order valence-electron chi connectivity index (χ0n) is 29.7. The number of nitrogens with one attached hydrogen (secondary N) is 1. The summed E-state index contributed by atoms with van der Waals surface area (Å²) in [5, 5.41) is 20.1. The summed E-state index contributed by atoms with van der Waals surface area (Å²) in [6.45, 7) is 32.5. The van der Waals surface area contributed by atoms with Crippen molar-refractivity contribution in [3.63, 3.8) is 0 Å². The Morgan fingerprint density at radius 2 is 1.34 bits per heavy atom. The Hall–Kier alpha value is -2.06. The largest absolute Gasteiger partial charge is 0.386 e. The highest BCUT2D eigenvalue weighted by atomic mass is 32.2. The van der Waals surface area contributed by atoms with E-state index in [-0.39, 0.29) is 17.0 Å². The molecule has 1 aromatic rings. The van der Waals surface area contributed by atoms with Gasteiger partial charge in [-0.3, -0.25) is 5.41 Å². The molecule has 2 unspecified atom stereocenters. The van der Waals surface area contributed by atoms with Gasteiger partial charge in [-0.1, -0.05) is 113 Å². The van der Waals surface area contributed by atoms with Crippen molar-refractivity contribution in [2.24, 2.45) is 5.92 Å². The average molecular weight is 649 g/mol. The average Bonchev–Trinajstić information content (AvgIpc) is 3.05. The molecule has 0 aliphatic carbocycles. The summed E-state index contributed by atoms with van der Waals surface area (Å²) < 4.78 is 55.8. The molecule has 3 nitrogen and oxygen atoms in total. The van der Waals surface area contributed by atoms with Gasteiger partial charge in [-0.05, 0) is 43.6 Å². The summed E-state index contributed by atoms with van der Waals surface area (Å²) in [6.07, 6.45) is 7.47. The van der Waals surface area contributed by atoms with E-state index in [1.165, 1.54) is 0 Å². The van der Waals surface area contributed by atoms with Crippen molar-refractivity contribution in [1.82, 2.24) is 4.90 Å². The van der Waals surface area contributed by atoms with E-state index >= 15 is 0 Å². The Morgan fingerprint density at radius 3 is 1.77 bits per heavy atom. The van der Waals surface area contributed by atoms with Gasteiger partial charge in [0.15, 0.2) is 23.3 Å². The Morgan fingerprint density at radius 1 is 0.864 bits per heavy atom. The zero-order chi connectivity index (χ0) is 35.4. The topological polar surface area (TPSA) is 47.3 Å². The first kappa shape index (κ1) is 48.8. The lowest BCUT2D eigenvalue weighted by atomic mass is 9.94. The zero-order valence-corrected chi connectivity index (χ0v) is 30.5. The van der Waals surface area contributed by atoms with Gasteiger partial charge in [0.1, 0.15) is 6.10 Å². The fourth-order valence-electron chi connectivity index (χ4n) is 4.05. The number of hydrogen-bond donors (Lipinski definition) is 2. The lowest BCUT2D eigenvalue weighted by Gasteiger charge is -2.39. The fraction of sp³-hybridized carbons (Fsp3) is 0.639. The van der Waals surface area contributed by atoms with Crippen LogP contribution in [0.3, 0.4) is 0 Å². The highest BCUT2D eigenvalue weighted by molar-refractivity contribution is 8.16. The maximum Gasteiger partial charge on any atom is 0.169 e. The van der Waals surface area contributed by atoms with Crippen molar-refractivity contribution in [3.05, 3.63) is 65.2 Å². The number of halogens is 4. The Labute approximate surface area is 272 Å². The number of allylic oxidation sites excluding steroid dienone is 1. The third-order valence-electron chi connectivity index (χ3n) is 6.36. The smallest absolute Gasteiger partial charge is 0.169 e. The predicted molar refractivity (Wildman–Crippen MR) is 189 cm³/mol. The molecule has 0 aliphatic heterocycles. The van der Waals surface area contributed by atoms with Crippen molar-refractivity contribution < 1.29 is 22.7 Å². The standard InChI is InChI=1S/C28H42F4N2OS.3C2H6.C2H4/c1-7-9-11-12-15-34(19(5)13-10-8-2)22(18(3)4)17-23(35)28(33)36-16-14-21-26(31)24(29)20(6)25(30)27(21)32;4*1-2/h14,16,18,22-23,33,35H,5,7-13,15,17H2,1-4,6H3;3*1-2H3;1-2H2/b16-14+,33-28?;;;;. The fourth-order valence-corrected chi connectivity index (χ4v) is 4.65. The predicted octanol–water partition coefficient (Wildman–Crippen LogP) is 12.5. The molecule has 0 saturated carbocycles. The number of unbranched alkanes of at least 4 members (excludes halogenated alkanes) is 4. The highest BCUT2D eigenvalue weighted by Crippen LogP contribution is 2.28. The van der Waals surface area contributed by atoms with Gasteiger partial charge in [0, 0.05) is 30.3 Å². The lowest BCUT2D eigenvalue weighted by Crippen LogP contribution is -2.42. The van der Waals surface area contributed by atoms with Crippen LogP contribution in [0.2, 0.25) is 0 Å². The number of hydrogen-bond acceptors (Lipinski definition) is 4. The van der Waals surface area contributed by atoms with Crippen molar-refractivity contribution in [1.29, 1.82) is 5.41 Å². The SMILES string of the molecule is C=C.C=C(CCCC)N(CCCCCC)C(CC(O)C(=N)S/C=C/c1c(F)c(F)c(C)c(F)c1F)C(C)C.CC.CC.CC. The number of rotatable bonds is 16. The van der Waals surface area contributed by atoms with Gasteiger partial charge in [0.05, 0.1) is 10.6 Å². The molecule has 0 fully saturated rings. The molecule has 0 aliphatic rings. The molecule has 2 atom stereocenters. The highest BCUT2D eigenvalue weighted by Gasteiger charge is 2.27. The summed E-state index contributed by atoms with van der Waals surface area (Å²) in [4.78, 5) is 2.27. The Balaban J connectivity index is -0.000000919. The molecular weight excluding hydrogens is 584 g/mol. The van der Waals surface area contributed by atoms with Crippen LogP contribution in [0.25, 0.3) is 6.08 Å². The minimum atomic E-state index is -1.49. The summed E-state index contributed by atoms with van der Waals surface area (Å²) in [5.74, 6) is -5.68. The first-order valence-electron chi connectivity index (χ1n) is 16.3. The van der Waals surface area contributed by atoms with Crippen LogP contribution in [0.4, 0.5) is 17.6 Å². The van der Waals surface area contributed by atoms with Crippen LogP contribution in [0, 0.1) is 41.5 Å². The molecule has 0 heterocycles. The van der Waals surface area contributed by atoms with Crippen LogP contribution in [0.5, 0.6) is 0 Å². The van der Waals surface area contributed by atoms with Gasteiger partial charge in [0.25, 0.3) is 0 Å². The van der Waals surface area contributed by atoms with Crippen LogP contribution in [-0.4, -0.2) is 33.7 Å². The van der Waals surface area contributed by atoms with E-state index in [4.69, 9.17) is 5.41 Å². The number of thioether (sulfide) groups is 1. The third kappa shape index (κ3) is 18.0. The van der Waals surface area contributed by atoms with Gasteiger partial charge in [-0.15, -0.1) is 13.2 Å². The van der Waals surface area contributed by atoms with Crippen LogP contribution in [-0.2, 0) is 0 Å². The minimum Gasteiger partial charge on any atom is -0.386 e. The normalized spacial score (nSPS) is 11.5. The van der Waals surface area contributed by atoms with Crippen LogP contribution in [0.1, 0.15) is 132 Å². The minimum absolute atomic E-state index is 0.0360. The molecule has 0 aromatic heterocycles. The molecule has 8 heteroatoms. The molecule has 44 heavy (non-hydrogen) atoms. The number of nitrogens with zero attached hydrogens (tertiary/aromatic N) is 1. The van der Waals surface area contributed by atoms with E-state index in [0.29, 0.717) is 6.42 Å². The number of benzene rings is 1. The van der Waals surface area contributed by atoms with Gasteiger partial charge in [-0.25, -0.2) is 17.6 Å². The molecular formula is C36H64F4N2OS. The molecule has 0 amide bonds. The van der Waals surface area contributed by atoms with Crippen molar-refractivity contribution in [2.45, 2.75) is 140 Å². The quantitative estimate of drug-likeness (QED) is 0.0468. The number of aliphatic hydroxyl groups excluding tert-OH is 1. The summed E-state index contributed by atoms with van der Waals surface area (Å²) >= 11 is 0.758. The molecule has 1 aromatic carbocycles.